The molecule has 1 heterocycles. The Bertz CT molecular complexity index is 989. The Balaban J connectivity index is 1.94. The third-order valence-electron chi connectivity index (χ3n) is 4.30. The molecular formula is C21H18ClFN2O5. The van der Waals surface area contributed by atoms with Crippen LogP contribution >= 0.6 is 11.6 Å². The number of amides is 2. The van der Waals surface area contributed by atoms with Crippen molar-refractivity contribution >= 4 is 29.6 Å². The molecule has 0 aromatic heterocycles. The molecule has 0 radical (unpaired) electrons. The van der Waals surface area contributed by atoms with Gasteiger partial charge in [-0.15, -0.1) is 0 Å². The molecule has 2 N–H and O–H groups in total. The Morgan fingerprint density at radius 1 is 1.07 bits per heavy atom. The lowest BCUT2D eigenvalue weighted by Gasteiger charge is -2.29. The number of hydrogen-bond donors (Lipinski definition) is 2. The molecule has 7 nitrogen and oxygen atoms in total. The largest absolute Gasteiger partial charge is 0.463 e. The Hall–Kier alpha value is -3.39. The van der Waals surface area contributed by atoms with E-state index in [2.05, 4.69) is 10.6 Å². The molecule has 1 aliphatic heterocycles. The van der Waals surface area contributed by atoms with Gasteiger partial charge in [0.15, 0.2) is 0 Å². The van der Waals surface area contributed by atoms with Crippen LogP contribution < -0.4 is 10.6 Å². The molecule has 30 heavy (non-hydrogen) atoms. The normalized spacial score (nSPS) is 15.8. The summed E-state index contributed by atoms with van der Waals surface area (Å²) in [6.45, 7) is 1.26. The summed E-state index contributed by atoms with van der Waals surface area (Å²) in [5.41, 5.74) is 0.315. The summed E-state index contributed by atoms with van der Waals surface area (Å²) in [5, 5.41) is 5.01. The van der Waals surface area contributed by atoms with Gasteiger partial charge in [0.1, 0.15) is 18.0 Å². The fraction of sp³-hybridized carbons (Fsp3) is 0.190. The molecule has 0 aliphatic carbocycles. The van der Waals surface area contributed by atoms with Crippen molar-refractivity contribution in [2.45, 2.75) is 13.0 Å². The molecule has 1 atom stereocenters. The van der Waals surface area contributed by atoms with Gasteiger partial charge in [0.2, 0.25) is 0 Å². The van der Waals surface area contributed by atoms with Gasteiger partial charge in [-0.3, -0.25) is 0 Å². The van der Waals surface area contributed by atoms with Crippen LogP contribution in [0.25, 0.3) is 0 Å². The molecule has 3 rings (SSSR count). The molecule has 0 saturated heterocycles. The number of ether oxygens (including phenoxy) is 2. The SMILES string of the molecule is CCOC(=O)C1=C(COC(=O)c2c(F)cccc2Cl)NC(=O)NC1c1ccccc1. The van der Waals surface area contributed by atoms with E-state index >= 15 is 0 Å². The van der Waals surface area contributed by atoms with Crippen LogP contribution in [0.4, 0.5) is 9.18 Å². The zero-order valence-electron chi connectivity index (χ0n) is 15.9. The maximum atomic E-state index is 14.0. The second-order valence-electron chi connectivity index (χ2n) is 6.23. The summed E-state index contributed by atoms with van der Waals surface area (Å²) in [5.74, 6) is -2.56. The highest BCUT2D eigenvalue weighted by Crippen LogP contribution is 2.28. The van der Waals surface area contributed by atoms with E-state index in [4.69, 9.17) is 21.1 Å². The number of urea groups is 1. The fourth-order valence-corrected chi connectivity index (χ4v) is 3.22. The monoisotopic (exact) mass is 432 g/mol. The summed E-state index contributed by atoms with van der Waals surface area (Å²) in [7, 11) is 0. The smallest absolute Gasteiger partial charge is 0.343 e. The third-order valence-corrected chi connectivity index (χ3v) is 4.61. The molecule has 156 valence electrons. The van der Waals surface area contributed by atoms with Gasteiger partial charge < -0.3 is 20.1 Å². The predicted molar refractivity (Wildman–Crippen MR) is 106 cm³/mol. The van der Waals surface area contributed by atoms with Crippen LogP contribution in [-0.2, 0) is 14.3 Å². The van der Waals surface area contributed by atoms with E-state index in [1.165, 1.54) is 12.1 Å². The van der Waals surface area contributed by atoms with Gasteiger partial charge in [-0.2, -0.15) is 0 Å². The third kappa shape index (κ3) is 4.60. The lowest BCUT2D eigenvalue weighted by Crippen LogP contribution is -2.47. The number of benzene rings is 2. The van der Waals surface area contributed by atoms with Gasteiger partial charge in [0, 0.05) is 0 Å². The van der Waals surface area contributed by atoms with Crippen LogP contribution in [0.2, 0.25) is 5.02 Å². The Kier molecular flexibility index (Phi) is 6.68. The number of carbonyl (C=O) groups excluding carboxylic acids is 3. The van der Waals surface area contributed by atoms with E-state index in [9.17, 15) is 18.8 Å². The first-order valence-electron chi connectivity index (χ1n) is 9.06. The van der Waals surface area contributed by atoms with E-state index in [1.807, 2.05) is 0 Å². The summed E-state index contributed by atoms with van der Waals surface area (Å²) < 4.78 is 24.2. The van der Waals surface area contributed by atoms with Gasteiger partial charge >= 0.3 is 18.0 Å². The fourth-order valence-electron chi connectivity index (χ4n) is 2.98. The summed E-state index contributed by atoms with van der Waals surface area (Å²) in [6, 6.07) is 11.1. The van der Waals surface area contributed by atoms with Gasteiger partial charge in [-0.25, -0.2) is 18.8 Å². The van der Waals surface area contributed by atoms with Crippen LogP contribution in [0, 0.1) is 5.82 Å². The van der Waals surface area contributed by atoms with Crippen molar-refractivity contribution in [2.75, 3.05) is 13.2 Å². The number of nitrogens with one attached hydrogen (secondary N) is 2. The highest BCUT2D eigenvalue weighted by Gasteiger charge is 2.34. The predicted octanol–water partition coefficient (Wildman–Crippen LogP) is 3.51. The van der Waals surface area contributed by atoms with Crippen LogP contribution in [-0.4, -0.2) is 31.2 Å². The highest BCUT2D eigenvalue weighted by molar-refractivity contribution is 6.33. The number of rotatable bonds is 6. The zero-order valence-corrected chi connectivity index (χ0v) is 16.7. The van der Waals surface area contributed by atoms with Crippen LogP contribution in [0.3, 0.4) is 0 Å². The van der Waals surface area contributed by atoms with Gasteiger partial charge in [-0.1, -0.05) is 48.0 Å². The Labute approximate surface area is 176 Å². The average molecular weight is 433 g/mol. The van der Waals surface area contributed by atoms with Crippen LogP contribution in [0.15, 0.2) is 59.8 Å². The maximum Gasteiger partial charge on any atom is 0.343 e. The highest BCUT2D eigenvalue weighted by atomic mass is 35.5. The molecule has 0 fully saturated rings. The second-order valence-corrected chi connectivity index (χ2v) is 6.63. The van der Waals surface area contributed by atoms with E-state index in [0.717, 1.165) is 6.07 Å². The molecule has 9 heteroatoms. The number of hydrogen-bond acceptors (Lipinski definition) is 5. The van der Waals surface area contributed by atoms with Gasteiger partial charge in [0.25, 0.3) is 0 Å². The summed E-state index contributed by atoms with van der Waals surface area (Å²) in [6.07, 6.45) is 0. The van der Waals surface area contributed by atoms with Gasteiger partial charge in [0.05, 0.1) is 28.9 Å². The summed E-state index contributed by atoms with van der Waals surface area (Å²) in [4.78, 5) is 37.2. The molecule has 1 unspecified atom stereocenters. The minimum absolute atomic E-state index is 0.0341. The molecule has 0 spiro atoms. The van der Waals surface area contributed by atoms with Crippen molar-refractivity contribution < 1.29 is 28.2 Å². The average Bonchev–Trinajstić information content (AvgIpc) is 2.72. The van der Waals surface area contributed by atoms with E-state index < -0.39 is 42.0 Å². The molecule has 2 amide bonds. The molecule has 0 bridgehead atoms. The molecular weight excluding hydrogens is 415 g/mol. The molecule has 0 saturated carbocycles. The molecule has 1 aliphatic rings. The van der Waals surface area contributed by atoms with E-state index in [-0.39, 0.29) is 22.9 Å². The lowest BCUT2D eigenvalue weighted by atomic mass is 9.95. The maximum absolute atomic E-state index is 14.0. The second kappa shape index (κ2) is 9.41. The standard InChI is InChI=1S/C21H18ClFN2O5/c1-2-29-20(27)17-15(11-30-19(26)16-13(22)9-6-10-14(16)23)24-21(28)25-18(17)12-7-4-3-5-8-12/h3-10,18H,2,11H2,1H3,(H2,24,25,28). The first kappa shape index (κ1) is 21.3. The van der Waals surface area contributed by atoms with Crippen molar-refractivity contribution in [3.8, 4) is 0 Å². The Morgan fingerprint density at radius 3 is 2.47 bits per heavy atom. The number of esters is 2. The topological polar surface area (TPSA) is 93.7 Å². The van der Waals surface area contributed by atoms with Crippen molar-refractivity contribution in [2.24, 2.45) is 0 Å². The first-order valence-corrected chi connectivity index (χ1v) is 9.44. The Morgan fingerprint density at radius 2 is 1.80 bits per heavy atom. The van der Waals surface area contributed by atoms with Crippen molar-refractivity contribution in [1.82, 2.24) is 10.6 Å². The van der Waals surface area contributed by atoms with E-state index in [0.29, 0.717) is 5.56 Å². The lowest BCUT2D eigenvalue weighted by molar-refractivity contribution is -0.139. The van der Waals surface area contributed by atoms with Crippen molar-refractivity contribution in [3.63, 3.8) is 0 Å². The molecule has 2 aromatic rings. The molecule has 2 aromatic carbocycles. The van der Waals surface area contributed by atoms with Crippen molar-refractivity contribution in [1.29, 1.82) is 0 Å². The minimum atomic E-state index is -1.03. The summed E-state index contributed by atoms with van der Waals surface area (Å²) >= 11 is 5.89. The zero-order chi connectivity index (χ0) is 21.7. The number of halogens is 2. The number of carbonyl (C=O) groups is 3. The van der Waals surface area contributed by atoms with Gasteiger partial charge in [-0.05, 0) is 24.6 Å². The quantitative estimate of drug-likeness (QED) is 0.681. The van der Waals surface area contributed by atoms with Crippen LogP contribution in [0.5, 0.6) is 0 Å². The minimum Gasteiger partial charge on any atom is -0.463 e. The van der Waals surface area contributed by atoms with Crippen LogP contribution in [0.1, 0.15) is 28.9 Å². The van der Waals surface area contributed by atoms with E-state index in [1.54, 1.807) is 37.3 Å². The van der Waals surface area contributed by atoms with Crippen molar-refractivity contribution in [3.05, 3.63) is 81.8 Å². The first-order chi connectivity index (χ1) is 14.4.